The van der Waals surface area contributed by atoms with Gasteiger partial charge in [-0.15, -0.1) is 0 Å². The normalized spacial score (nSPS) is 20.5. The maximum absolute atomic E-state index is 3.46. The fourth-order valence-electron chi connectivity index (χ4n) is 2.90. The van der Waals surface area contributed by atoms with E-state index >= 15 is 0 Å². The molecule has 0 bridgehead atoms. The lowest BCUT2D eigenvalue weighted by Crippen LogP contribution is -2.07. The molecule has 1 aromatic carbocycles. The molecule has 0 radical (unpaired) electrons. The van der Waals surface area contributed by atoms with E-state index in [0.717, 1.165) is 13.1 Å². The van der Waals surface area contributed by atoms with Gasteiger partial charge in [0.25, 0.3) is 0 Å². The highest BCUT2D eigenvalue weighted by Gasteiger charge is 2.21. The van der Waals surface area contributed by atoms with Crippen LogP contribution in [0.3, 0.4) is 0 Å². The molecule has 2 aromatic rings. The second-order valence-corrected chi connectivity index (χ2v) is 5.29. The molecule has 1 atom stereocenters. The summed E-state index contributed by atoms with van der Waals surface area (Å²) in [6.07, 6.45) is 3.64. The van der Waals surface area contributed by atoms with Gasteiger partial charge in [-0.1, -0.05) is 18.2 Å². The molecule has 0 saturated carbocycles. The van der Waals surface area contributed by atoms with Crippen molar-refractivity contribution in [3.63, 3.8) is 0 Å². The van der Waals surface area contributed by atoms with Crippen molar-refractivity contribution < 1.29 is 0 Å². The second kappa shape index (κ2) is 4.19. The first kappa shape index (κ1) is 10.8. The third kappa shape index (κ3) is 1.77. The van der Waals surface area contributed by atoms with Crippen LogP contribution < -0.4 is 5.32 Å². The zero-order chi connectivity index (χ0) is 11.8. The van der Waals surface area contributed by atoms with E-state index in [4.69, 9.17) is 0 Å². The van der Waals surface area contributed by atoms with Crippen LogP contribution in [0.15, 0.2) is 30.5 Å². The van der Waals surface area contributed by atoms with Gasteiger partial charge in [0.2, 0.25) is 0 Å². The summed E-state index contributed by atoms with van der Waals surface area (Å²) in [5.74, 6) is 0.694. The Kier molecular flexibility index (Phi) is 2.67. The Morgan fingerprint density at radius 1 is 1.29 bits per heavy atom. The minimum atomic E-state index is 0.531. The highest BCUT2D eigenvalue weighted by atomic mass is 15.0. The average molecular weight is 228 g/mol. The number of hydrogen-bond acceptors (Lipinski definition) is 1. The molecule has 17 heavy (non-hydrogen) atoms. The van der Waals surface area contributed by atoms with E-state index in [0.29, 0.717) is 12.0 Å². The number of aromatic nitrogens is 1. The first-order chi connectivity index (χ1) is 8.27. The number of para-hydroxylation sites is 1. The molecule has 90 valence electrons. The fraction of sp³-hybridized carbons (Fsp3) is 0.467. The van der Waals surface area contributed by atoms with Crippen LogP contribution >= 0.6 is 0 Å². The first-order valence-electron chi connectivity index (χ1n) is 6.57. The minimum absolute atomic E-state index is 0.531. The van der Waals surface area contributed by atoms with E-state index in [2.05, 4.69) is 54.2 Å². The van der Waals surface area contributed by atoms with Crippen LogP contribution in [0.5, 0.6) is 0 Å². The fourth-order valence-corrected chi connectivity index (χ4v) is 2.90. The molecule has 1 N–H and O–H groups in total. The van der Waals surface area contributed by atoms with Gasteiger partial charge in [0.05, 0.1) is 0 Å². The summed E-state index contributed by atoms with van der Waals surface area (Å²) in [5.41, 5.74) is 2.91. The molecular weight excluding hydrogens is 208 g/mol. The molecular formula is C15H20N2. The minimum Gasteiger partial charge on any atom is -0.345 e. The van der Waals surface area contributed by atoms with Gasteiger partial charge in [-0.2, -0.15) is 0 Å². The van der Waals surface area contributed by atoms with Crippen LogP contribution in [-0.2, 0) is 0 Å². The second-order valence-electron chi connectivity index (χ2n) is 5.29. The molecule has 1 aliphatic rings. The molecule has 3 rings (SSSR count). The Morgan fingerprint density at radius 2 is 2.12 bits per heavy atom. The number of benzene rings is 1. The number of fused-ring (bicyclic) bond motifs is 1. The molecule has 0 amide bonds. The standard InChI is InChI=1S/C15H20N2/c1-11(2)17-10-14(12-7-8-16-9-12)13-5-3-4-6-15(13)17/h3-6,10-12,16H,7-9H2,1-2H3. The number of nitrogens with zero attached hydrogens (tertiary/aromatic N) is 1. The third-order valence-corrected chi connectivity index (χ3v) is 3.83. The van der Waals surface area contributed by atoms with Crippen molar-refractivity contribution in [2.24, 2.45) is 0 Å². The molecule has 2 heterocycles. The Hall–Kier alpha value is -1.28. The number of hydrogen-bond donors (Lipinski definition) is 1. The summed E-state index contributed by atoms with van der Waals surface area (Å²) in [6.45, 7) is 6.80. The molecule has 1 unspecified atom stereocenters. The smallest absolute Gasteiger partial charge is 0.0485 e. The van der Waals surface area contributed by atoms with E-state index in [1.807, 2.05) is 0 Å². The van der Waals surface area contributed by atoms with Crippen LogP contribution in [0.2, 0.25) is 0 Å². The van der Waals surface area contributed by atoms with Crippen molar-refractivity contribution in [1.29, 1.82) is 0 Å². The summed E-state index contributed by atoms with van der Waals surface area (Å²) >= 11 is 0. The molecule has 0 spiro atoms. The Morgan fingerprint density at radius 3 is 2.82 bits per heavy atom. The van der Waals surface area contributed by atoms with Crippen molar-refractivity contribution in [2.45, 2.75) is 32.2 Å². The molecule has 0 aliphatic carbocycles. The maximum Gasteiger partial charge on any atom is 0.0485 e. The Balaban J connectivity index is 2.17. The summed E-state index contributed by atoms with van der Waals surface area (Å²) in [4.78, 5) is 0. The monoisotopic (exact) mass is 228 g/mol. The van der Waals surface area contributed by atoms with Gasteiger partial charge < -0.3 is 9.88 Å². The number of rotatable bonds is 2. The average Bonchev–Trinajstić information content (AvgIpc) is 2.95. The molecule has 1 aromatic heterocycles. The van der Waals surface area contributed by atoms with Crippen LogP contribution in [0.4, 0.5) is 0 Å². The molecule has 2 nitrogen and oxygen atoms in total. The highest BCUT2D eigenvalue weighted by Crippen LogP contribution is 2.32. The van der Waals surface area contributed by atoms with Crippen molar-refractivity contribution in [1.82, 2.24) is 9.88 Å². The zero-order valence-corrected chi connectivity index (χ0v) is 10.6. The van der Waals surface area contributed by atoms with Crippen LogP contribution in [-0.4, -0.2) is 17.7 Å². The SMILES string of the molecule is CC(C)n1cc(C2CCNC2)c2ccccc21. The molecule has 1 saturated heterocycles. The maximum atomic E-state index is 3.46. The Bertz CT molecular complexity index is 519. The van der Waals surface area contributed by atoms with E-state index in [1.54, 1.807) is 0 Å². The predicted octanol–water partition coefficient (Wildman–Crippen LogP) is 3.30. The largest absolute Gasteiger partial charge is 0.345 e. The van der Waals surface area contributed by atoms with E-state index in [1.165, 1.54) is 22.9 Å². The van der Waals surface area contributed by atoms with Gasteiger partial charge in [0.1, 0.15) is 0 Å². The lowest BCUT2D eigenvalue weighted by atomic mass is 9.98. The van der Waals surface area contributed by atoms with Gasteiger partial charge >= 0.3 is 0 Å². The molecule has 1 aliphatic heterocycles. The summed E-state index contributed by atoms with van der Waals surface area (Å²) in [7, 11) is 0. The van der Waals surface area contributed by atoms with Gasteiger partial charge in [-0.25, -0.2) is 0 Å². The van der Waals surface area contributed by atoms with Crippen molar-refractivity contribution in [3.05, 3.63) is 36.0 Å². The van der Waals surface area contributed by atoms with E-state index in [-0.39, 0.29) is 0 Å². The van der Waals surface area contributed by atoms with Gasteiger partial charge in [0.15, 0.2) is 0 Å². The van der Waals surface area contributed by atoms with Gasteiger partial charge in [-0.3, -0.25) is 0 Å². The molecule has 1 fully saturated rings. The summed E-state index contributed by atoms with van der Waals surface area (Å²) in [6, 6.07) is 9.32. The van der Waals surface area contributed by atoms with E-state index in [9.17, 15) is 0 Å². The lowest BCUT2D eigenvalue weighted by molar-refractivity contribution is 0.617. The topological polar surface area (TPSA) is 17.0 Å². The summed E-state index contributed by atoms with van der Waals surface area (Å²) in [5, 5.41) is 4.90. The Labute approximate surface area is 103 Å². The third-order valence-electron chi connectivity index (χ3n) is 3.83. The van der Waals surface area contributed by atoms with Gasteiger partial charge in [0, 0.05) is 29.7 Å². The zero-order valence-electron chi connectivity index (χ0n) is 10.6. The van der Waals surface area contributed by atoms with Crippen molar-refractivity contribution in [3.8, 4) is 0 Å². The lowest BCUT2D eigenvalue weighted by Gasteiger charge is -2.08. The van der Waals surface area contributed by atoms with Gasteiger partial charge in [-0.05, 0) is 44.4 Å². The highest BCUT2D eigenvalue weighted by molar-refractivity contribution is 5.84. The van der Waals surface area contributed by atoms with Crippen molar-refractivity contribution in [2.75, 3.05) is 13.1 Å². The molecule has 2 heteroatoms. The van der Waals surface area contributed by atoms with Crippen LogP contribution in [0, 0.1) is 0 Å². The quantitative estimate of drug-likeness (QED) is 0.834. The predicted molar refractivity (Wildman–Crippen MR) is 72.6 cm³/mol. The first-order valence-corrected chi connectivity index (χ1v) is 6.57. The van der Waals surface area contributed by atoms with Crippen LogP contribution in [0.25, 0.3) is 10.9 Å². The number of nitrogens with one attached hydrogen (secondary N) is 1. The van der Waals surface area contributed by atoms with Crippen LogP contribution in [0.1, 0.15) is 37.8 Å². The van der Waals surface area contributed by atoms with Crippen molar-refractivity contribution >= 4 is 10.9 Å². The van der Waals surface area contributed by atoms with E-state index < -0.39 is 0 Å². The summed E-state index contributed by atoms with van der Waals surface area (Å²) < 4.78 is 2.41.